The van der Waals surface area contributed by atoms with Gasteiger partial charge in [-0.05, 0) is 11.6 Å². The lowest BCUT2D eigenvalue weighted by Gasteiger charge is -2.07. The highest BCUT2D eigenvalue weighted by Crippen LogP contribution is 2.11. The minimum absolute atomic E-state index is 0.172. The molecule has 1 N–H and O–H groups in total. The van der Waals surface area contributed by atoms with Crippen LogP contribution in [-0.4, -0.2) is 20.7 Å². The molecule has 6 nitrogen and oxygen atoms in total. The summed E-state index contributed by atoms with van der Waals surface area (Å²) in [4.78, 5) is 28.0. The van der Waals surface area contributed by atoms with Crippen LogP contribution in [0.25, 0.3) is 0 Å². The molecule has 0 saturated heterocycles. The van der Waals surface area contributed by atoms with Gasteiger partial charge in [-0.2, -0.15) is 5.10 Å². The third-order valence-electron chi connectivity index (χ3n) is 2.93. The first-order valence-electron chi connectivity index (χ1n) is 6.55. The fourth-order valence-electron chi connectivity index (χ4n) is 1.89. The van der Waals surface area contributed by atoms with Crippen LogP contribution >= 0.6 is 11.3 Å². The fourth-order valence-corrected chi connectivity index (χ4v) is 2.41. The topological polar surface area (TPSA) is 76.9 Å². The second-order valence-corrected chi connectivity index (χ2v) is 5.39. The van der Waals surface area contributed by atoms with Gasteiger partial charge in [0.1, 0.15) is 5.69 Å². The van der Waals surface area contributed by atoms with E-state index in [9.17, 15) is 9.59 Å². The van der Waals surface area contributed by atoms with E-state index in [4.69, 9.17) is 0 Å². The Balaban J connectivity index is 1.83. The maximum atomic E-state index is 12.1. The molecule has 3 rings (SSSR count). The predicted octanol–water partition coefficient (Wildman–Crippen LogP) is 2.00. The van der Waals surface area contributed by atoms with Gasteiger partial charge in [0.15, 0.2) is 5.13 Å². The van der Waals surface area contributed by atoms with Crippen molar-refractivity contribution in [2.75, 3.05) is 5.32 Å². The number of hydrogen-bond acceptors (Lipinski definition) is 5. The second-order valence-electron chi connectivity index (χ2n) is 4.49. The first kappa shape index (κ1) is 14.2. The lowest BCUT2D eigenvalue weighted by atomic mass is 10.2. The summed E-state index contributed by atoms with van der Waals surface area (Å²) in [5, 5.41) is 9.01. The summed E-state index contributed by atoms with van der Waals surface area (Å²) < 4.78 is 1.27. The maximum absolute atomic E-state index is 12.1. The Kier molecular flexibility index (Phi) is 4.06. The number of carbonyl (C=O) groups excluding carboxylic acids is 1. The summed E-state index contributed by atoms with van der Waals surface area (Å²) in [6.45, 7) is 0.318. The summed E-state index contributed by atoms with van der Waals surface area (Å²) in [6, 6.07) is 12.2. The minimum Gasteiger partial charge on any atom is -0.296 e. The zero-order valence-electron chi connectivity index (χ0n) is 11.5. The molecule has 0 saturated carbocycles. The number of benzene rings is 1. The van der Waals surface area contributed by atoms with Crippen molar-refractivity contribution in [3.8, 4) is 0 Å². The third-order valence-corrected chi connectivity index (χ3v) is 3.62. The number of hydrogen-bond donors (Lipinski definition) is 1. The van der Waals surface area contributed by atoms with Gasteiger partial charge in [0.2, 0.25) is 0 Å². The van der Waals surface area contributed by atoms with Crippen molar-refractivity contribution in [2.24, 2.45) is 0 Å². The second kappa shape index (κ2) is 6.31. The van der Waals surface area contributed by atoms with Crippen molar-refractivity contribution >= 4 is 22.4 Å². The number of aromatic nitrogens is 3. The first-order chi connectivity index (χ1) is 10.7. The van der Waals surface area contributed by atoms with Gasteiger partial charge < -0.3 is 0 Å². The average molecular weight is 312 g/mol. The predicted molar refractivity (Wildman–Crippen MR) is 84.1 cm³/mol. The van der Waals surface area contributed by atoms with Gasteiger partial charge in [0.25, 0.3) is 11.5 Å². The van der Waals surface area contributed by atoms with Crippen LogP contribution in [0.4, 0.5) is 5.13 Å². The van der Waals surface area contributed by atoms with E-state index in [0.717, 1.165) is 5.56 Å². The number of thiazole rings is 1. The third kappa shape index (κ3) is 3.26. The lowest BCUT2D eigenvalue weighted by Crippen LogP contribution is -2.26. The molecule has 1 aromatic carbocycles. The molecule has 0 aliphatic carbocycles. The molecule has 2 aromatic heterocycles. The zero-order chi connectivity index (χ0) is 15.4. The number of carbonyl (C=O) groups is 1. The van der Waals surface area contributed by atoms with Crippen molar-refractivity contribution in [3.05, 3.63) is 75.7 Å². The Bertz CT molecular complexity index is 828. The largest absolute Gasteiger partial charge is 0.296 e. The van der Waals surface area contributed by atoms with Crippen LogP contribution in [0.1, 0.15) is 16.1 Å². The molecule has 3 aromatic rings. The van der Waals surface area contributed by atoms with Crippen molar-refractivity contribution in [1.82, 2.24) is 14.8 Å². The molecule has 0 aliphatic rings. The van der Waals surface area contributed by atoms with Gasteiger partial charge >= 0.3 is 0 Å². The van der Waals surface area contributed by atoms with Gasteiger partial charge in [-0.3, -0.25) is 14.9 Å². The number of anilines is 1. The summed E-state index contributed by atoms with van der Waals surface area (Å²) in [5.41, 5.74) is 0.856. The van der Waals surface area contributed by atoms with Gasteiger partial charge in [-0.25, -0.2) is 9.67 Å². The van der Waals surface area contributed by atoms with E-state index in [1.807, 2.05) is 30.3 Å². The van der Waals surface area contributed by atoms with Gasteiger partial charge in [-0.15, -0.1) is 11.3 Å². The standard InChI is InChI=1S/C15H12N4O2S/c20-13-7-6-12(14(21)17-15-16-8-9-22-15)18-19(13)10-11-4-2-1-3-5-11/h1-9H,10H2,(H,16,17,21). The summed E-state index contributed by atoms with van der Waals surface area (Å²) in [5.74, 6) is -0.392. The van der Waals surface area contributed by atoms with Crippen LogP contribution in [0.3, 0.4) is 0 Å². The monoisotopic (exact) mass is 312 g/mol. The van der Waals surface area contributed by atoms with Crippen LogP contribution in [0.2, 0.25) is 0 Å². The van der Waals surface area contributed by atoms with Crippen LogP contribution in [0, 0.1) is 0 Å². The van der Waals surface area contributed by atoms with E-state index in [0.29, 0.717) is 11.7 Å². The number of nitrogens with one attached hydrogen (secondary N) is 1. The SMILES string of the molecule is O=C(Nc1nccs1)c1ccc(=O)n(Cc2ccccc2)n1. The summed E-state index contributed by atoms with van der Waals surface area (Å²) >= 11 is 1.32. The highest BCUT2D eigenvalue weighted by molar-refractivity contribution is 7.13. The molecule has 0 aliphatic heterocycles. The molecule has 0 fully saturated rings. The van der Waals surface area contributed by atoms with E-state index in [-0.39, 0.29) is 11.3 Å². The zero-order valence-corrected chi connectivity index (χ0v) is 12.3. The van der Waals surface area contributed by atoms with Gasteiger partial charge in [0, 0.05) is 17.6 Å². The van der Waals surface area contributed by atoms with Crippen molar-refractivity contribution in [2.45, 2.75) is 6.54 Å². The van der Waals surface area contributed by atoms with E-state index in [2.05, 4.69) is 15.4 Å². The van der Waals surface area contributed by atoms with Crippen molar-refractivity contribution in [1.29, 1.82) is 0 Å². The molecular weight excluding hydrogens is 300 g/mol. The van der Waals surface area contributed by atoms with Crippen molar-refractivity contribution in [3.63, 3.8) is 0 Å². The molecule has 110 valence electrons. The van der Waals surface area contributed by atoms with Gasteiger partial charge in [-0.1, -0.05) is 30.3 Å². The molecule has 0 radical (unpaired) electrons. The first-order valence-corrected chi connectivity index (χ1v) is 7.43. The van der Waals surface area contributed by atoms with E-state index >= 15 is 0 Å². The fraction of sp³-hybridized carbons (Fsp3) is 0.0667. The Morgan fingerprint density at radius 3 is 2.73 bits per heavy atom. The molecule has 0 bridgehead atoms. The maximum Gasteiger partial charge on any atom is 0.277 e. The number of rotatable bonds is 4. The van der Waals surface area contributed by atoms with Crippen LogP contribution in [-0.2, 0) is 6.54 Å². The Morgan fingerprint density at radius 2 is 2.00 bits per heavy atom. The van der Waals surface area contributed by atoms with Gasteiger partial charge in [0.05, 0.1) is 6.54 Å². The Hall–Kier alpha value is -2.80. The smallest absolute Gasteiger partial charge is 0.277 e. The molecule has 1 amide bonds. The highest BCUT2D eigenvalue weighted by Gasteiger charge is 2.11. The molecule has 0 unspecified atom stereocenters. The Labute approximate surface area is 130 Å². The number of nitrogens with zero attached hydrogens (tertiary/aromatic N) is 3. The quantitative estimate of drug-likeness (QED) is 0.799. The van der Waals surface area contributed by atoms with Crippen LogP contribution in [0.15, 0.2) is 58.8 Å². The summed E-state index contributed by atoms with van der Waals surface area (Å²) in [7, 11) is 0. The molecule has 0 atom stereocenters. The Morgan fingerprint density at radius 1 is 1.18 bits per heavy atom. The van der Waals surface area contributed by atoms with Crippen LogP contribution < -0.4 is 10.9 Å². The summed E-state index contributed by atoms with van der Waals surface area (Å²) in [6.07, 6.45) is 1.60. The molecule has 2 heterocycles. The van der Waals surface area contributed by atoms with Crippen molar-refractivity contribution < 1.29 is 4.79 Å². The van der Waals surface area contributed by atoms with E-state index in [1.165, 1.54) is 28.2 Å². The van der Waals surface area contributed by atoms with Crippen LogP contribution in [0.5, 0.6) is 0 Å². The minimum atomic E-state index is -0.392. The normalized spacial score (nSPS) is 10.4. The highest BCUT2D eigenvalue weighted by atomic mass is 32.1. The van der Waals surface area contributed by atoms with E-state index < -0.39 is 5.91 Å². The molecule has 0 spiro atoms. The van der Waals surface area contributed by atoms with E-state index in [1.54, 1.807) is 11.6 Å². The molecule has 22 heavy (non-hydrogen) atoms. The molecule has 7 heteroatoms. The average Bonchev–Trinajstić information content (AvgIpc) is 3.03. The lowest BCUT2D eigenvalue weighted by molar-refractivity contribution is 0.102. The molecular formula is C15H12N4O2S. The number of amides is 1.